The molecular formula is C24H23BrN6O. The van der Waals surface area contributed by atoms with Crippen LogP contribution in [0.4, 0.5) is 11.6 Å². The van der Waals surface area contributed by atoms with Crippen LogP contribution in [-0.4, -0.2) is 49.9 Å². The zero-order valence-corrected chi connectivity index (χ0v) is 19.1. The lowest BCUT2D eigenvalue weighted by molar-refractivity contribution is 0.0623. The first-order valence-electron chi connectivity index (χ1n) is 10.7. The van der Waals surface area contributed by atoms with E-state index in [1.54, 1.807) is 18.7 Å². The number of benzene rings is 2. The number of para-hydroxylation sites is 1. The number of fused-ring (bicyclic) bond motifs is 1. The molecule has 3 heterocycles. The van der Waals surface area contributed by atoms with Crippen LogP contribution in [0, 0.1) is 0 Å². The number of halogens is 1. The monoisotopic (exact) mass is 490 g/mol. The summed E-state index contributed by atoms with van der Waals surface area (Å²) in [4.78, 5) is 34.0. The van der Waals surface area contributed by atoms with Gasteiger partial charge >= 0.3 is 0 Å². The van der Waals surface area contributed by atoms with E-state index in [0.29, 0.717) is 18.1 Å². The number of aromatic amines is 1. The van der Waals surface area contributed by atoms with Gasteiger partial charge in [-0.2, -0.15) is 0 Å². The Morgan fingerprint density at radius 2 is 1.91 bits per heavy atom. The fourth-order valence-electron chi connectivity index (χ4n) is 4.26. The second-order valence-electron chi connectivity index (χ2n) is 7.93. The summed E-state index contributed by atoms with van der Waals surface area (Å²) in [5.74, 6) is 0.673. The smallest absolute Gasteiger partial charge is 0.254 e. The molecule has 0 bridgehead atoms. The molecule has 2 aromatic heterocycles. The number of carbonyl (C=O) groups excluding carboxylic acids is 1. The molecule has 0 spiro atoms. The highest BCUT2D eigenvalue weighted by atomic mass is 79.9. The SMILES string of the molecule is O=C(c1ccc2nc[nH]c2c1)N1CCCC[C@H]1CN(c1ccccc1)c1ncc(Br)cn1. The number of imidazole rings is 1. The second-order valence-corrected chi connectivity index (χ2v) is 8.85. The van der Waals surface area contributed by atoms with Crippen LogP contribution in [0.5, 0.6) is 0 Å². The number of piperidine rings is 1. The van der Waals surface area contributed by atoms with Crippen LogP contribution < -0.4 is 4.90 Å². The summed E-state index contributed by atoms with van der Waals surface area (Å²) in [5, 5.41) is 0. The number of H-pyrrole nitrogens is 1. The highest BCUT2D eigenvalue weighted by Crippen LogP contribution is 2.27. The van der Waals surface area contributed by atoms with Gasteiger partial charge in [-0.3, -0.25) is 4.79 Å². The quantitative estimate of drug-likeness (QED) is 0.428. The lowest BCUT2D eigenvalue weighted by Gasteiger charge is -2.39. The zero-order valence-electron chi connectivity index (χ0n) is 17.5. The molecule has 1 atom stereocenters. The van der Waals surface area contributed by atoms with E-state index in [4.69, 9.17) is 0 Å². The third-order valence-electron chi connectivity index (χ3n) is 5.86. The number of likely N-dealkylation sites (tertiary alicyclic amines) is 1. The first-order chi connectivity index (χ1) is 15.7. The topological polar surface area (TPSA) is 78.0 Å². The van der Waals surface area contributed by atoms with Gasteiger partial charge in [0.1, 0.15) is 0 Å². The number of amides is 1. The molecule has 1 amide bonds. The average molecular weight is 491 g/mol. The summed E-state index contributed by atoms with van der Waals surface area (Å²) < 4.78 is 0.831. The number of aromatic nitrogens is 4. The van der Waals surface area contributed by atoms with Crippen LogP contribution in [-0.2, 0) is 0 Å². The first-order valence-corrected chi connectivity index (χ1v) is 11.5. The molecule has 4 aromatic rings. The molecule has 0 saturated carbocycles. The number of nitrogens with one attached hydrogen (secondary N) is 1. The van der Waals surface area contributed by atoms with Gasteiger partial charge in [0, 0.05) is 36.7 Å². The van der Waals surface area contributed by atoms with Gasteiger partial charge in [-0.25, -0.2) is 15.0 Å². The Kier molecular flexibility index (Phi) is 5.85. The molecule has 1 aliphatic heterocycles. The Morgan fingerprint density at radius 1 is 1.09 bits per heavy atom. The minimum atomic E-state index is 0.0518. The normalized spacial score (nSPS) is 16.3. The molecule has 0 radical (unpaired) electrons. The van der Waals surface area contributed by atoms with Crippen molar-refractivity contribution < 1.29 is 4.79 Å². The number of anilines is 2. The van der Waals surface area contributed by atoms with Crippen molar-refractivity contribution in [2.45, 2.75) is 25.3 Å². The van der Waals surface area contributed by atoms with Gasteiger partial charge in [0.05, 0.1) is 27.9 Å². The lowest BCUT2D eigenvalue weighted by Crippen LogP contribution is -2.49. The van der Waals surface area contributed by atoms with Gasteiger partial charge in [0.2, 0.25) is 5.95 Å². The average Bonchev–Trinajstić information content (AvgIpc) is 3.32. The Balaban J connectivity index is 1.44. The second kappa shape index (κ2) is 9.08. The van der Waals surface area contributed by atoms with Crippen LogP contribution in [0.15, 0.2) is 71.7 Å². The summed E-state index contributed by atoms with van der Waals surface area (Å²) >= 11 is 3.41. The largest absolute Gasteiger partial charge is 0.345 e. The van der Waals surface area contributed by atoms with E-state index >= 15 is 0 Å². The van der Waals surface area contributed by atoms with Crippen LogP contribution in [0.1, 0.15) is 29.6 Å². The summed E-state index contributed by atoms with van der Waals surface area (Å²) in [6.07, 6.45) is 8.20. The van der Waals surface area contributed by atoms with Gasteiger partial charge in [-0.1, -0.05) is 18.2 Å². The minimum absolute atomic E-state index is 0.0518. The highest BCUT2D eigenvalue weighted by molar-refractivity contribution is 9.10. The third kappa shape index (κ3) is 4.23. The van der Waals surface area contributed by atoms with Crippen LogP contribution in [0.2, 0.25) is 0 Å². The van der Waals surface area contributed by atoms with E-state index in [0.717, 1.165) is 47.0 Å². The summed E-state index contributed by atoms with van der Waals surface area (Å²) in [6, 6.07) is 15.8. The van der Waals surface area contributed by atoms with Crippen molar-refractivity contribution in [3.05, 3.63) is 77.3 Å². The molecule has 32 heavy (non-hydrogen) atoms. The maximum atomic E-state index is 13.5. The Hall–Kier alpha value is -3.26. The lowest BCUT2D eigenvalue weighted by atomic mass is 9.99. The summed E-state index contributed by atoms with van der Waals surface area (Å²) in [7, 11) is 0. The van der Waals surface area contributed by atoms with Gasteiger partial charge in [-0.15, -0.1) is 0 Å². The molecule has 162 valence electrons. The number of rotatable bonds is 5. The van der Waals surface area contributed by atoms with Gasteiger partial charge in [0.15, 0.2) is 0 Å². The van der Waals surface area contributed by atoms with Crippen molar-refractivity contribution in [1.29, 1.82) is 0 Å². The predicted molar refractivity (Wildman–Crippen MR) is 128 cm³/mol. The molecular weight excluding hydrogens is 468 g/mol. The van der Waals surface area contributed by atoms with Gasteiger partial charge < -0.3 is 14.8 Å². The van der Waals surface area contributed by atoms with E-state index in [1.165, 1.54) is 0 Å². The van der Waals surface area contributed by atoms with Crippen LogP contribution >= 0.6 is 15.9 Å². The minimum Gasteiger partial charge on any atom is -0.345 e. The molecule has 0 unspecified atom stereocenters. The Morgan fingerprint density at radius 3 is 2.72 bits per heavy atom. The van der Waals surface area contributed by atoms with Crippen LogP contribution in [0.25, 0.3) is 11.0 Å². The van der Waals surface area contributed by atoms with Crippen molar-refractivity contribution in [2.24, 2.45) is 0 Å². The molecule has 1 fully saturated rings. The fraction of sp³-hybridized carbons (Fsp3) is 0.250. The maximum Gasteiger partial charge on any atom is 0.254 e. The number of nitrogens with zero attached hydrogens (tertiary/aromatic N) is 5. The van der Waals surface area contributed by atoms with Crippen molar-refractivity contribution in [1.82, 2.24) is 24.8 Å². The summed E-state index contributed by atoms with van der Waals surface area (Å²) in [6.45, 7) is 1.37. The van der Waals surface area contributed by atoms with E-state index in [-0.39, 0.29) is 11.9 Å². The Bertz CT molecular complexity index is 1210. The van der Waals surface area contributed by atoms with Gasteiger partial charge in [-0.05, 0) is 65.5 Å². The zero-order chi connectivity index (χ0) is 21.9. The molecule has 1 N–H and O–H groups in total. The number of carbonyl (C=O) groups is 1. The molecule has 7 nitrogen and oxygen atoms in total. The van der Waals surface area contributed by atoms with Crippen molar-refractivity contribution in [3.63, 3.8) is 0 Å². The van der Waals surface area contributed by atoms with E-state index in [9.17, 15) is 4.79 Å². The predicted octanol–water partition coefficient (Wildman–Crippen LogP) is 4.95. The Labute approximate surface area is 194 Å². The van der Waals surface area contributed by atoms with E-state index in [2.05, 4.69) is 40.8 Å². The van der Waals surface area contributed by atoms with Crippen molar-refractivity contribution >= 4 is 44.5 Å². The van der Waals surface area contributed by atoms with E-state index < -0.39 is 0 Å². The van der Waals surface area contributed by atoms with Crippen molar-refractivity contribution in [3.8, 4) is 0 Å². The van der Waals surface area contributed by atoms with Gasteiger partial charge in [0.25, 0.3) is 5.91 Å². The number of hydrogen-bond donors (Lipinski definition) is 1. The molecule has 0 aliphatic carbocycles. The maximum absolute atomic E-state index is 13.5. The molecule has 1 saturated heterocycles. The molecule has 1 aliphatic rings. The van der Waals surface area contributed by atoms with E-state index in [1.807, 2.05) is 53.4 Å². The first kappa shape index (κ1) is 20.6. The molecule has 5 rings (SSSR count). The standard InChI is InChI=1S/C24H23BrN6O/c25-18-13-26-24(27-14-18)31(19-6-2-1-3-7-19)15-20-8-4-5-11-30(20)23(32)17-9-10-21-22(12-17)29-16-28-21/h1-3,6-7,9-10,12-14,16,20H,4-5,8,11,15H2,(H,28,29)/t20-/m0/s1. The molecule has 8 heteroatoms. The molecule has 2 aromatic carbocycles. The fourth-order valence-corrected chi connectivity index (χ4v) is 4.46. The van der Waals surface area contributed by atoms with Crippen LogP contribution in [0.3, 0.4) is 0 Å². The van der Waals surface area contributed by atoms with Crippen molar-refractivity contribution in [2.75, 3.05) is 18.0 Å². The summed E-state index contributed by atoms with van der Waals surface area (Å²) in [5.41, 5.74) is 3.42. The highest BCUT2D eigenvalue weighted by Gasteiger charge is 2.30. The third-order valence-corrected chi connectivity index (χ3v) is 6.27. The number of hydrogen-bond acceptors (Lipinski definition) is 5.